The second kappa shape index (κ2) is 8.70. The van der Waals surface area contributed by atoms with Crippen LogP contribution in [0.15, 0.2) is 36.4 Å². The first-order valence-corrected chi connectivity index (χ1v) is 11.5. The van der Waals surface area contributed by atoms with E-state index in [0.29, 0.717) is 32.6 Å². The third kappa shape index (κ3) is 3.25. The topological polar surface area (TPSA) is 76.2 Å². The lowest BCUT2D eigenvalue weighted by Crippen LogP contribution is -2.63. The van der Waals surface area contributed by atoms with Crippen LogP contribution in [0.5, 0.6) is 5.75 Å². The highest BCUT2D eigenvalue weighted by molar-refractivity contribution is 6.12. The number of allylic oxidation sites excluding steroid dienone is 1. The summed E-state index contributed by atoms with van der Waals surface area (Å²) in [5.74, 6) is 0.00606. The van der Waals surface area contributed by atoms with Crippen LogP contribution in [0.4, 0.5) is 0 Å². The zero-order valence-electron chi connectivity index (χ0n) is 19.1. The highest BCUT2D eigenvalue weighted by atomic mass is 16.5. The van der Waals surface area contributed by atoms with E-state index >= 15 is 0 Å². The molecule has 2 saturated heterocycles. The van der Waals surface area contributed by atoms with E-state index < -0.39 is 16.9 Å². The van der Waals surface area contributed by atoms with Crippen LogP contribution in [0.3, 0.4) is 0 Å². The molecule has 0 bridgehead atoms. The Bertz CT molecular complexity index is 927. The molecule has 0 aromatic heterocycles. The molecular weight excluding hydrogens is 408 g/mol. The minimum Gasteiger partial charge on any atom is -0.497 e. The van der Waals surface area contributed by atoms with Gasteiger partial charge in [-0.25, -0.2) is 4.79 Å². The van der Waals surface area contributed by atoms with E-state index in [-0.39, 0.29) is 24.2 Å². The molecule has 1 aliphatic carbocycles. The van der Waals surface area contributed by atoms with E-state index in [9.17, 15) is 14.4 Å². The molecule has 7 nitrogen and oxygen atoms in total. The maximum absolute atomic E-state index is 14.1. The van der Waals surface area contributed by atoms with Gasteiger partial charge in [0.15, 0.2) is 5.78 Å². The quantitative estimate of drug-likeness (QED) is 0.457. The molecule has 172 valence electrons. The summed E-state index contributed by atoms with van der Waals surface area (Å²) in [5, 5.41) is 0. The van der Waals surface area contributed by atoms with Crippen molar-refractivity contribution in [1.82, 2.24) is 9.80 Å². The number of esters is 1. The molecule has 0 radical (unpaired) electrons. The van der Waals surface area contributed by atoms with Crippen LogP contribution in [-0.4, -0.2) is 66.3 Å². The van der Waals surface area contributed by atoms with Gasteiger partial charge in [0.2, 0.25) is 5.54 Å². The summed E-state index contributed by atoms with van der Waals surface area (Å²) in [6.07, 6.45) is 5.58. The average molecular weight is 441 g/mol. The summed E-state index contributed by atoms with van der Waals surface area (Å²) < 4.78 is 10.8. The largest absolute Gasteiger partial charge is 0.497 e. The van der Waals surface area contributed by atoms with Gasteiger partial charge in [-0.3, -0.25) is 14.5 Å². The van der Waals surface area contributed by atoms with Crippen molar-refractivity contribution in [3.05, 3.63) is 42.0 Å². The molecule has 1 aromatic rings. The number of hydrogen-bond acceptors (Lipinski definition) is 6. The van der Waals surface area contributed by atoms with Gasteiger partial charge >= 0.3 is 5.97 Å². The zero-order valence-corrected chi connectivity index (χ0v) is 19.1. The first-order valence-electron chi connectivity index (χ1n) is 11.5. The number of nitrogens with zero attached hydrogens (tertiary/aromatic N) is 2. The van der Waals surface area contributed by atoms with Gasteiger partial charge in [0.1, 0.15) is 5.75 Å². The van der Waals surface area contributed by atoms with Gasteiger partial charge in [-0.2, -0.15) is 0 Å². The van der Waals surface area contributed by atoms with Crippen LogP contribution in [0.1, 0.15) is 38.7 Å². The Hall–Kier alpha value is -2.67. The Morgan fingerprint density at radius 1 is 1.19 bits per heavy atom. The predicted octanol–water partition coefficient (Wildman–Crippen LogP) is 2.59. The molecule has 1 amide bonds. The van der Waals surface area contributed by atoms with Crippen molar-refractivity contribution in [1.29, 1.82) is 0 Å². The smallest absolute Gasteiger partial charge is 0.337 e. The third-order valence-electron chi connectivity index (χ3n) is 7.27. The van der Waals surface area contributed by atoms with Gasteiger partial charge in [-0.1, -0.05) is 31.6 Å². The Kier molecular flexibility index (Phi) is 6.12. The Morgan fingerprint density at radius 3 is 2.59 bits per heavy atom. The molecular formula is C25H32N2O5. The van der Waals surface area contributed by atoms with E-state index in [1.807, 2.05) is 35.2 Å². The first kappa shape index (κ1) is 22.5. The van der Waals surface area contributed by atoms with Gasteiger partial charge in [0.05, 0.1) is 13.7 Å². The summed E-state index contributed by atoms with van der Waals surface area (Å²) >= 11 is 0. The first-order chi connectivity index (χ1) is 15.4. The fourth-order valence-corrected chi connectivity index (χ4v) is 5.79. The lowest BCUT2D eigenvalue weighted by Gasteiger charge is -2.40. The molecule has 2 aliphatic heterocycles. The van der Waals surface area contributed by atoms with Crippen molar-refractivity contribution >= 4 is 17.7 Å². The van der Waals surface area contributed by atoms with E-state index in [2.05, 4.69) is 6.92 Å². The van der Waals surface area contributed by atoms with E-state index in [0.717, 1.165) is 24.2 Å². The van der Waals surface area contributed by atoms with Gasteiger partial charge < -0.3 is 14.4 Å². The van der Waals surface area contributed by atoms with Gasteiger partial charge in [-0.05, 0) is 49.6 Å². The fourth-order valence-electron chi connectivity index (χ4n) is 5.79. The fraction of sp³-hybridized carbons (Fsp3) is 0.560. The highest BCUT2D eigenvalue weighted by Crippen LogP contribution is 2.59. The van der Waals surface area contributed by atoms with Crippen LogP contribution in [0.25, 0.3) is 0 Å². The van der Waals surface area contributed by atoms with Crippen molar-refractivity contribution in [2.24, 2.45) is 11.3 Å². The van der Waals surface area contributed by atoms with E-state index in [1.54, 1.807) is 25.0 Å². The number of carbonyl (C=O) groups is 3. The lowest BCUT2D eigenvalue weighted by atomic mass is 9.63. The molecule has 2 heterocycles. The Labute approximate surface area is 189 Å². The van der Waals surface area contributed by atoms with E-state index in [4.69, 9.17) is 9.47 Å². The van der Waals surface area contributed by atoms with Crippen molar-refractivity contribution < 1.29 is 23.9 Å². The SMILES string of the molecule is CCCCN1C[C@@H]2CC(=O)C=C[C@@]23CN(Cc2ccc(OC)cc2)C(=O)[C@@]13C(=O)OCC. The second-order valence-electron chi connectivity index (χ2n) is 8.98. The summed E-state index contributed by atoms with van der Waals surface area (Å²) in [6.45, 7) is 6.02. The highest BCUT2D eigenvalue weighted by Gasteiger charge is 2.77. The van der Waals surface area contributed by atoms with Crippen LogP contribution in [0, 0.1) is 11.3 Å². The number of methoxy groups -OCH3 is 1. The molecule has 2 fully saturated rings. The molecule has 0 unspecified atom stereocenters. The number of amides is 1. The van der Waals surface area contributed by atoms with Crippen molar-refractivity contribution in [3.63, 3.8) is 0 Å². The zero-order chi connectivity index (χ0) is 22.9. The Morgan fingerprint density at radius 2 is 1.94 bits per heavy atom. The number of likely N-dealkylation sites (tertiary alicyclic amines) is 2. The number of ketones is 1. The van der Waals surface area contributed by atoms with Gasteiger partial charge in [-0.15, -0.1) is 0 Å². The standard InChI is InChI=1S/C25H32N2O5/c1-4-6-13-27-16-19-14-20(28)11-12-24(19)17-26(15-18-7-9-21(31-3)10-8-18)22(29)25(24,27)23(30)32-5-2/h7-12,19H,4-6,13-17H2,1-3H3/t19-,24+,25-/m0/s1. The molecule has 1 spiro atoms. The van der Waals surface area contributed by atoms with Crippen LogP contribution in [0.2, 0.25) is 0 Å². The normalized spacial score (nSPS) is 29.2. The lowest BCUT2D eigenvalue weighted by molar-refractivity contribution is -0.165. The summed E-state index contributed by atoms with van der Waals surface area (Å²) in [6, 6.07) is 7.60. The number of benzene rings is 1. The van der Waals surface area contributed by atoms with Gasteiger partial charge in [0, 0.05) is 31.5 Å². The van der Waals surface area contributed by atoms with Gasteiger partial charge in [0.25, 0.3) is 5.91 Å². The average Bonchev–Trinajstić information content (AvgIpc) is 3.20. The summed E-state index contributed by atoms with van der Waals surface area (Å²) in [7, 11) is 1.62. The maximum atomic E-state index is 14.1. The monoisotopic (exact) mass is 440 g/mol. The number of carbonyl (C=O) groups excluding carboxylic acids is 3. The molecule has 4 rings (SSSR count). The predicted molar refractivity (Wildman–Crippen MR) is 119 cm³/mol. The number of ether oxygens (including phenoxy) is 2. The third-order valence-corrected chi connectivity index (χ3v) is 7.27. The molecule has 3 aliphatic rings. The number of hydrogen-bond donors (Lipinski definition) is 0. The Balaban J connectivity index is 1.77. The van der Waals surface area contributed by atoms with Crippen LogP contribution < -0.4 is 4.74 Å². The van der Waals surface area contributed by atoms with E-state index in [1.165, 1.54) is 0 Å². The number of unbranched alkanes of at least 4 members (excludes halogenated alkanes) is 1. The van der Waals surface area contributed by atoms with Crippen molar-refractivity contribution in [3.8, 4) is 5.75 Å². The molecule has 32 heavy (non-hydrogen) atoms. The molecule has 3 atom stereocenters. The van der Waals surface area contributed by atoms with Crippen molar-refractivity contribution in [2.45, 2.75) is 45.2 Å². The molecule has 0 N–H and O–H groups in total. The van der Waals surface area contributed by atoms with Crippen molar-refractivity contribution in [2.75, 3.05) is 33.4 Å². The molecule has 0 saturated carbocycles. The summed E-state index contributed by atoms with van der Waals surface area (Å²) in [5.41, 5.74) is -1.21. The minimum atomic E-state index is -1.41. The minimum absolute atomic E-state index is 0.0526. The number of rotatable bonds is 8. The van der Waals surface area contributed by atoms with Crippen LogP contribution in [-0.2, 0) is 25.7 Å². The second-order valence-corrected chi connectivity index (χ2v) is 8.98. The summed E-state index contributed by atoms with van der Waals surface area (Å²) in [4.78, 5) is 43.8. The molecule has 1 aromatic carbocycles. The van der Waals surface area contributed by atoms with Crippen LogP contribution >= 0.6 is 0 Å². The molecule has 7 heteroatoms. The maximum Gasteiger partial charge on any atom is 0.337 e.